The zero-order valence-electron chi connectivity index (χ0n) is 9.24. The SMILES string of the molecule is CNC(c1ccc(O)cc1)C1CCCC1. The van der Waals surface area contributed by atoms with E-state index in [-0.39, 0.29) is 0 Å². The molecule has 1 fully saturated rings. The van der Waals surface area contributed by atoms with Gasteiger partial charge in [0.1, 0.15) is 5.75 Å². The lowest BCUT2D eigenvalue weighted by Crippen LogP contribution is -2.23. The molecule has 1 unspecified atom stereocenters. The van der Waals surface area contributed by atoms with Gasteiger partial charge in [0.25, 0.3) is 0 Å². The third kappa shape index (κ3) is 2.32. The van der Waals surface area contributed by atoms with Crippen molar-refractivity contribution in [2.75, 3.05) is 7.05 Å². The van der Waals surface area contributed by atoms with Crippen LogP contribution in [0.4, 0.5) is 0 Å². The second-order valence-electron chi connectivity index (χ2n) is 4.40. The summed E-state index contributed by atoms with van der Waals surface area (Å²) in [6.07, 6.45) is 5.38. The molecule has 82 valence electrons. The van der Waals surface area contributed by atoms with Gasteiger partial charge in [-0.2, -0.15) is 0 Å². The molecule has 1 atom stereocenters. The van der Waals surface area contributed by atoms with Crippen LogP contribution in [0, 0.1) is 5.92 Å². The van der Waals surface area contributed by atoms with Gasteiger partial charge in [-0.05, 0) is 43.5 Å². The molecule has 2 nitrogen and oxygen atoms in total. The van der Waals surface area contributed by atoms with Crippen LogP contribution in [0.25, 0.3) is 0 Å². The maximum atomic E-state index is 9.26. The average Bonchev–Trinajstić information content (AvgIpc) is 2.75. The minimum Gasteiger partial charge on any atom is -0.508 e. The highest BCUT2D eigenvalue weighted by Crippen LogP contribution is 2.35. The number of benzene rings is 1. The Kier molecular flexibility index (Phi) is 3.27. The van der Waals surface area contributed by atoms with Crippen molar-refractivity contribution in [1.29, 1.82) is 0 Å². The minimum atomic E-state index is 0.347. The number of hydrogen-bond donors (Lipinski definition) is 2. The van der Waals surface area contributed by atoms with Gasteiger partial charge in [-0.1, -0.05) is 25.0 Å². The Hall–Kier alpha value is -1.02. The molecule has 1 aromatic rings. The minimum absolute atomic E-state index is 0.347. The highest BCUT2D eigenvalue weighted by Gasteiger charge is 2.24. The van der Waals surface area contributed by atoms with Crippen LogP contribution >= 0.6 is 0 Å². The van der Waals surface area contributed by atoms with Crippen molar-refractivity contribution in [2.45, 2.75) is 31.7 Å². The standard InChI is InChI=1S/C13H19NO/c1-14-13(10-4-2-3-5-10)11-6-8-12(15)9-7-11/h6-10,13-15H,2-5H2,1H3. The lowest BCUT2D eigenvalue weighted by molar-refractivity contribution is 0.389. The Morgan fingerprint density at radius 3 is 2.33 bits per heavy atom. The third-order valence-electron chi connectivity index (χ3n) is 3.43. The Balaban J connectivity index is 2.14. The summed E-state index contributed by atoms with van der Waals surface area (Å²) in [4.78, 5) is 0. The molecule has 2 heteroatoms. The molecular weight excluding hydrogens is 186 g/mol. The Labute approximate surface area is 91.3 Å². The molecule has 2 N–H and O–H groups in total. The largest absolute Gasteiger partial charge is 0.508 e. The zero-order chi connectivity index (χ0) is 10.7. The maximum absolute atomic E-state index is 9.26. The molecule has 15 heavy (non-hydrogen) atoms. The molecule has 0 heterocycles. The van der Waals surface area contributed by atoms with Crippen molar-refractivity contribution in [3.8, 4) is 5.75 Å². The van der Waals surface area contributed by atoms with Gasteiger partial charge in [0.05, 0.1) is 0 Å². The molecular formula is C13H19NO. The summed E-state index contributed by atoms with van der Waals surface area (Å²) in [6, 6.07) is 8.04. The number of phenols is 1. The summed E-state index contributed by atoms with van der Waals surface area (Å²) in [6.45, 7) is 0. The fraction of sp³-hybridized carbons (Fsp3) is 0.538. The average molecular weight is 205 g/mol. The van der Waals surface area contributed by atoms with Crippen LogP contribution in [-0.4, -0.2) is 12.2 Å². The Morgan fingerprint density at radius 2 is 1.80 bits per heavy atom. The van der Waals surface area contributed by atoms with Gasteiger partial charge in [-0.3, -0.25) is 0 Å². The second kappa shape index (κ2) is 4.67. The van der Waals surface area contributed by atoms with E-state index in [0.29, 0.717) is 11.8 Å². The van der Waals surface area contributed by atoms with Crippen LogP contribution in [0.5, 0.6) is 5.75 Å². The molecule has 1 aliphatic rings. The van der Waals surface area contributed by atoms with Crippen LogP contribution in [-0.2, 0) is 0 Å². The summed E-state index contributed by atoms with van der Waals surface area (Å²) in [5, 5.41) is 12.7. The molecule has 2 rings (SSSR count). The molecule has 0 spiro atoms. The molecule has 0 bridgehead atoms. The summed E-state index contributed by atoms with van der Waals surface area (Å²) in [5.74, 6) is 1.11. The van der Waals surface area contributed by atoms with E-state index < -0.39 is 0 Å². The van der Waals surface area contributed by atoms with Gasteiger partial charge in [-0.25, -0.2) is 0 Å². The quantitative estimate of drug-likeness (QED) is 0.795. The summed E-state index contributed by atoms with van der Waals surface area (Å²) in [5.41, 5.74) is 1.29. The van der Waals surface area contributed by atoms with Crippen molar-refractivity contribution >= 4 is 0 Å². The summed E-state index contributed by atoms with van der Waals surface area (Å²) < 4.78 is 0. The smallest absolute Gasteiger partial charge is 0.115 e. The predicted octanol–water partition coefficient (Wildman–Crippen LogP) is 2.84. The number of phenolic OH excluding ortho intramolecular Hbond substituents is 1. The van der Waals surface area contributed by atoms with Crippen LogP contribution in [0.1, 0.15) is 37.3 Å². The molecule has 0 aliphatic heterocycles. The first kappa shape index (κ1) is 10.5. The third-order valence-corrected chi connectivity index (χ3v) is 3.43. The number of aromatic hydroxyl groups is 1. The van der Waals surface area contributed by atoms with Gasteiger partial charge in [0.15, 0.2) is 0 Å². The summed E-state index contributed by atoms with van der Waals surface area (Å²) in [7, 11) is 2.02. The number of nitrogens with one attached hydrogen (secondary N) is 1. The van der Waals surface area contributed by atoms with Gasteiger partial charge < -0.3 is 10.4 Å². The highest BCUT2D eigenvalue weighted by atomic mass is 16.3. The predicted molar refractivity (Wildman–Crippen MR) is 61.9 cm³/mol. The number of hydrogen-bond acceptors (Lipinski definition) is 2. The first-order valence-electron chi connectivity index (χ1n) is 5.77. The number of rotatable bonds is 3. The van der Waals surface area contributed by atoms with Gasteiger partial charge >= 0.3 is 0 Å². The Morgan fingerprint density at radius 1 is 1.20 bits per heavy atom. The van der Waals surface area contributed by atoms with E-state index in [0.717, 1.165) is 5.92 Å². The van der Waals surface area contributed by atoms with Gasteiger partial charge in [0.2, 0.25) is 0 Å². The van der Waals surface area contributed by atoms with Crippen molar-refractivity contribution in [3.63, 3.8) is 0 Å². The normalized spacial score (nSPS) is 19.3. The van der Waals surface area contributed by atoms with Gasteiger partial charge in [-0.15, -0.1) is 0 Å². The highest BCUT2D eigenvalue weighted by molar-refractivity contribution is 5.28. The Bertz CT molecular complexity index is 301. The van der Waals surface area contributed by atoms with E-state index in [4.69, 9.17) is 0 Å². The van der Waals surface area contributed by atoms with Crippen LogP contribution in [0.2, 0.25) is 0 Å². The maximum Gasteiger partial charge on any atom is 0.115 e. The molecule has 0 amide bonds. The van der Waals surface area contributed by atoms with E-state index >= 15 is 0 Å². The first-order valence-corrected chi connectivity index (χ1v) is 5.77. The molecule has 1 saturated carbocycles. The molecule has 0 radical (unpaired) electrons. The van der Waals surface area contributed by atoms with Gasteiger partial charge in [0, 0.05) is 6.04 Å². The topological polar surface area (TPSA) is 32.3 Å². The van der Waals surface area contributed by atoms with E-state index in [1.54, 1.807) is 12.1 Å². The van der Waals surface area contributed by atoms with Crippen molar-refractivity contribution in [3.05, 3.63) is 29.8 Å². The second-order valence-corrected chi connectivity index (χ2v) is 4.40. The van der Waals surface area contributed by atoms with Crippen LogP contribution in [0.3, 0.4) is 0 Å². The lowest BCUT2D eigenvalue weighted by atomic mass is 9.92. The molecule has 0 aromatic heterocycles. The monoisotopic (exact) mass is 205 g/mol. The van der Waals surface area contributed by atoms with Crippen molar-refractivity contribution in [1.82, 2.24) is 5.32 Å². The lowest BCUT2D eigenvalue weighted by Gasteiger charge is -2.23. The molecule has 1 aliphatic carbocycles. The van der Waals surface area contributed by atoms with E-state index in [9.17, 15) is 5.11 Å². The van der Waals surface area contributed by atoms with Crippen LogP contribution in [0.15, 0.2) is 24.3 Å². The molecule has 1 aromatic carbocycles. The van der Waals surface area contributed by atoms with Crippen LogP contribution < -0.4 is 5.32 Å². The van der Waals surface area contributed by atoms with Crippen molar-refractivity contribution < 1.29 is 5.11 Å². The fourth-order valence-electron chi connectivity index (χ4n) is 2.65. The summed E-state index contributed by atoms with van der Waals surface area (Å²) >= 11 is 0. The zero-order valence-corrected chi connectivity index (χ0v) is 9.24. The first-order chi connectivity index (χ1) is 7.31. The van der Waals surface area contributed by atoms with E-state index in [1.807, 2.05) is 19.2 Å². The van der Waals surface area contributed by atoms with E-state index in [2.05, 4.69) is 5.32 Å². The van der Waals surface area contributed by atoms with Crippen molar-refractivity contribution in [2.24, 2.45) is 5.92 Å². The van der Waals surface area contributed by atoms with E-state index in [1.165, 1.54) is 31.2 Å². The fourth-order valence-corrected chi connectivity index (χ4v) is 2.65. The molecule has 0 saturated heterocycles.